The maximum absolute atomic E-state index is 13.1. The first-order valence-electron chi connectivity index (χ1n) is 9.82. The van der Waals surface area contributed by atoms with Crippen LogP contribution in [0.2, 0.25) is 5.02 Å². The summed E-state index contributed by atoms with van der Waals surface area (Å²) in [5.41, 5.74) is 3.08. The van der Waals surface area contributed by atoms with E-state index in [4.69, 9.17) is 16.3 Å². The number of aromatic nitrogens is 2. The molecule has 2 heterocycles. The summed E-state index contributed by atoms with van der Waals surface area (Å²) in [4.78, 5) is 25.8. The zero-order valence-corrected chi connectivity index (χ0v) is 18.0. The number of aryl methyl sites for hydroxylation is 1. The van der Waals surface area contributed by atoms with Crippen molar-refractivity contribution in [3.8, 4) is 5.75 Å². The third kappa shape index (κ3) is 4.49. The van der Waals surface area contributed by atoms with Crippen LogP contribution in [-0.4, -0.2) is 22.2 Å². The first kappa shape index (κ1) is 20.8. The van der Waals surface area contributed by atoms with Gasteiger partial charge in [-0.3, -0.25) is 9.59 Å². The number of hydrogen-bond donors (Lipinski definition) is 1. The Morgan fingerprint density at radius 3 is 2.58 bits per heavy atom. The van der Waals surface area contributed by atoms with Crippen LogP contribution < -0.4 is 15.6 Å². The number of amides is 1. The Hall–Kier alpha value is -3.51. The smallest absolute Gasteiger partial charge is 0.275 e. The molecular formula is C24H22ClN3O3. The van der Waals surface area contributed by atoms with Crippen LogP contribution >= 0.6 is 11.6 Å². The van der Waals surface area contributed by atoms with Crippen molar-refractivity contribution in [2.75, 3.05) is 12.4 Å². The second-order valence-corrected chi connectivity index (χ2v) is 7.81. The van der Waals surface area contributed by atoms with Crippen molar-refractivity contribution in [3.63, 3.8) is 0 Å². The number of methoxy groups -OCH3 is 1. The van der Waals surface area contributed by atoms with Crippen LogP contribution in [0.25, 0.3) is 10.9 Å². The lowest BCUT2D eigenvalue weighted by Crippen LogP contribution is -2.28. The van der Waals surface area contributed by atoms with Gasteiger partial charge in [-0.25, -0.2) is 0 Å². The van der Waals surface area contributed by atoms with Gasteiger partial charge in [-0.1, -0.05) is 41.4 Å². The van der Waals surface area contributed by atoms with Gasteiger partial charge in [0.1, 0.15) is 17.8 Å². The predicted molar refractivity (Wildman–Crippen MR) is 123 cm³/mol. The lowest BCUT2D eigenvalue weighted by molar-refractivity contribution is -0.116. The summed E-state index contributed by atoms with van der Waals surface area (Å²) in [7, 11) is 1.51. The molecular weight excluding hydrogens is 414 g/mol. The number of carbonyl (C=O) groups is 1. The van der Waals surface area contributed by atoms with Gasteiger partial charge < -0.3 is 19.2 Å². The molecule has 0 radical (unpaired) electrons. The average molecular weight is 436 g/mol. The highest BCUT2D eigenvalue weighted by Gasteiger charge is 2.13. The van der Waals surface area contributed by atoms with Crippen molar-refractivity contribution in [3.05, 3.63) is 93.5 Å². The van der Waals surface area contributed by atoms with E-state index < -0.39 is 0 Å². The minimum atomic E-state index is -0.348. The van der Waals surface area contributed by atoms with Crippen molar-refractivity contribution >= 4 is 34.1 Å². The van der Waals surface area contributed by atoms with Crippen LogP contribution in [0.5, 0.6) is 5.75 Å². The van der Waals surface area contributed by atoms with Gasteiger partial charge in [-0.2, -0.15) is 0 Å². The molecule has 4 rings (SSSR count). The Balaban J connectivity index is 1.60. The molecule has 2 aromatic carbocycles. The Morgan fingerprint density at radius 2 is 1.84 bits per heavy atom. The van der Waals surface area contributed by atoms with Gasteiger partial charge in [-0.05, 0) is 42.8 Å². The fourth-order valence-electron chi connectivity index (χ4n) is 3.63. The fourth-order valence-corrected chi connectivity index (χ4v) is 3.80. The quantitative estimate of drug-likeness (QED) is 0.486. The van der Waals surface area contributed by atoms with Gasteiger partial charge >= 0.3 is 0 Å². The lowest BCUT2D eigenvalue weighted by atomic mass is 10.1. The van der Waals surface area contributed by atoms with E-state index in [9.17, 15) is 9.59 Å². The number of nitrogens with zero attached hydrogens (tertiary/aromatic N) is 2. The lowest BCUT2D eigenvalue weighted by Gasteiger charge is -2.12. The topological polar surface area (TPSA) is 65.3 Å². The van der Waals surface area contributed by atoms with Gasteiger partial charge in [0, 0.05) is 29.3 Å². The molecule has 31 heavy (non-hydrogen) atoms. The number of halogens is 1. The molecule has 0 aliphatic rings. The Morgan fingerprint density at radius 1 is 1.06 bits per heavy atom. The van der Waals surface area contributed by atoms with E-state index in [1.807, 2.05) is 48.0 Å². The second-order valence-electron chi connectivity index (χ2n) is 7.38. The van der Waals surface area contributed by atoms with Crippen molar-refractivity contribution in [1.82, 2.24) is 9.13 Å². The highest BCUT2D eigenvalue weighted by atomic mass is 35.5. The molecule has 0 atom stereocenters. The van der Waals surface area contributed by atoms with Gasteiger partial charge in [0.2, 0.25) is 5.91 Å². The summed E-state index contributed by atoms with van der Waals surface area (Å²) in [6, 6.07) is 16.9. The highest BCUT2D eigenvalue weighted by molar-refractivity contribution is 6.31. The summed E-state index contributed by atoms with van der Waals surface area (Å²) < 4.78 is 8.58. The standard InChI is InChI=1S/C24H22ClN3O3/c1-16-4-3-5-17(12-16)14-27-10-8-18-9-11-28(24(30)23(18)27)15-22(29)26-20-13-19(25)6-7-21(20)31-2/h3-13H,14-15H2,1-2H3,(H,26,29). The summed E-state index contributed by atoms with van der Waals surface area (Å²) in [5.74, 6) is 0.145. The molecule has 0 aliphatic carbocycles. The van der Waals surface area contributed by atoms with E-state index in [1.54, 1.807) is 24.4 Å². The van der Waals surface area contributed by atoms with Crippen LogP contribution in [0.4, 0.5) is 5.69 Å². The van der Waals surface area contributed by atoms with Crippen molar-refractivity contribution in [1.29, 1.82) is 0 Å². The molecule has 0 fully saturated rings. The molecule has 0 bridgehead atoms. The summed E-state index contributed by atoms with van der Waals surface area (Å²) in [6.07, 6.45) is 3.53. The zero-order chi connectivity index (χ0) is 22.0. The van der Waals surface area contributed by atoms with Crippen LogP contribution in [-0.2, 0) is 17.9 Å². The van der Waals surface area contributed by atoms with E-state index >= 15 is 0 Å². The molecule has 1 N–H and O–H groups in total. The number of anilines is 1. The number of nitrogens with one attached hydrogen (secondary N) is 1. The minimum Gasteiger partial charge on any atom is -0.495 e. The van der Waals surface area contributed by atoms with E-state index in [-0.39, 0.29) is 18.0 Å². The molecule has 4 aromatic rings. The van der Waals surface area contributed by atoms with Gasteiger partial charge in [0.25, 0.3) is 5.56 Å². The van der Waals surface area contributed by atoms with Gasteiger partial charge in [0.05, 0.1) is 12.8 Å². The van der Waals surface area contributed by atoms with E-state index in [0.29, 0.717) is 28.5 Å². The van der Waals surface area contributed by atoms with Crippen LogP contribution in [0, 0.1) is 6.92 Å². The van der Waals surface area contributed by atoms with Crippen molar-refractivity contribution in [2.24, 2.45) is 0 Å². The predicted octanol–water partition coefficient (Wildman–Crippen LogP) is 4.46. The number of carbonyl (C=O) groups excluding carboxylic acids is 1. The molecule has 6 nitrogen and oxygen atoms in total. The normalized spacial score (nSPS) is 10.9. The highest BCUT2D eigenvalue weighted by Crippen LogP contribution is 2.27. The van der Waals surface area contributed by atoms with Crippen molar-refractivity contribution < 1.29 is 9.53 Å². The molecule has 0 spiro atoms. The minimum absolute atomic E-state index is 0.125. The molecule has 0 saturated carbocycles. The van der Waals surface area contributed by atoms with E-state index in [2.05, 4.69) is 11.4 Å². The Labute approximate surface area is 184 Å². The molecule has 0 unspecified atom stereocenters. The first-order valence-corrected chi connectivity index (χ1v) is 10.2. The maximum atomic E-state index is 13.1. The number of fused-ring (bicyclic) bond motifs is 1. The van der Waals surface area contributed by atoms with Crippen LogP contribution in [0.15, 0.2) is 71.8 Å². The summed E-state index contributed by atoms with van der Waals surface area (Å²) in [5, 5.41) is 4.08. The fraction of sp³-hybridized carbons (Fsp3) is 0.167. The van der Waals surface area contributed by atoms with Crippen LogP contribution in [0.1, 0.15) is 11.1 Å². The summed E-state index contributed by atoms with van der Waals surface area (Å²) >= 11 is 6.02. The largest absolute Gasteiger partial charge is 0.495 e. The number of ether oxygens (including phenoxy) is 1. The summed E-state index contributed by atoms with van der Waals surface area (Å²) in [6.45, 7) is 2.49. The van der Waals surface area contributed by atoms with E-state index in [0.717, 1.165) is 10.9 Å². The van der Waals surface area contributed by atoms with Crippen LogP contribution in [0.3, 0.4) is 0 Å². The third-order valence-corrected chi connectivity index (χ3v) is 5.31. The van der Waals surface area contributed by atoms with Gasteiger partial charge in [-0.15, -0.1) is 0 Å². The molecule has 7 heteroatoms. The third-order valence-electron chi connectivity index (χ3n) is 5.08. The van der Waals surface area contributed by atoms with E-state index in [1.165, 1.54) is 17.2 Å². The molecule has 1 amide bonds. The number of rotatable bonds is 6. The molecule has 2 aromatic heterocycles. The number of pyridine rings is 1. The monoisotopic (exact) mass is 435 g/mol. The maximum Gasteiger partial charge on any atom is 0.275 e. The molecule has 158 valence electrons. The average Bonchev–Trinajstić information content (AvgIpc) is 3.14. The molecule has 0 saturated heterocycles. The zero-order valence-electron chi connectivity index (χ0n) is 17.3. The first-order chi connectivity index (χ1) is 14.9. The van der Waals surface area contributed by atoms with Crippen molar-refractivity contribution in [2.45, 2.75) is 20.0 Å². The SMILES string of the molecule is COc1ccc(Cl)cc1NC(=O)Cn1ccc2ccn(Cc3cccc(C)c3)c2c1=O. The number of hydrogen-bond acceptors (Lipinski definition) is 3. The number of benzene rings is 2. The van der Waals surface area contributed by atoms with Gasteiger partial charge in [0.15, 0.2) is 0 Å². The second kappa shape index (κ2) is 8.70. The molecule has 0 aliphatic heterocycles. The Bertz CT molecular complexity index is 1320. The Kier molecular flexibility index (Phi) is 5.82.